The van der Waals surface area contributed by atoms with Gasteiger partial charge in [0.25, 0.3) is 5.56 Å². The molecule has 0 aliphatic heterocycles. The molecule has 5 nitrogen and oxygen atoms in total. The fourth-order valence-electron chi connectivity index (χ4n) is 2.78. The van der Waals surface area contributed by atoms with Crippen LogP contribution in [-0.2, 0) is 24.2 Å². The van der Waals surface area contributed by atoms with Gasteiger partial charge in [-0.15, -0.1) is 0 Å². The first-order valence-corrected chi connectivity index (χ1v) is 8.02. The van der Waals surface area contributed by atoms with E-state index in [2.05, 4.69) is 9.72 Å². The van der Waals surface area contributed by atoms with E-state index in [0.717, 1.165) is 30.5 Å². The van der Waals surface area contributed by atoms with Crippen LogP contribution in [0.4, 0.5) is 13.2 Å². The van der Waals surface area contributed by atoms with Gasteiger partial charge in [0.05, 0.1) is 0 Å². The Hall–Kier alpha value is -2.77. The van der Waals surface area contributed by atoms with Gasteiger partial charge in [0.1, 0.15) is 17.9 Å². The van der Waals surface area contributed by atoms with Gasteiger partial charge in [-0.1, -0.05) is 12.1 Å². The molecule has 1 aliphatic carbocycles. The molecular weight excluding hydrogens is 351 g/mol. The summed E-state index contributed by atoms with van der Waals surface area (Å²) in [6.07, 6.45) is -1.93. The number of fused-ring (bicyclic) bond motifs is 1. The molecule has 0 unspecified atom stereocenters. The molecule has 26 heavy (non-hydrogen) atoms. The molecule has 138 valence electrons. The van der Waals surface area contributed by atoms with Crippen molar-refractivity contribution in [2.45, 2.75) is 32.0 Å². The first-order valence-electron chi connectivity index (χ1n) is 8.02. The lowest BCUT2D eigenvalue weighted by molar-refractivity contribution is -0.153. The minimum Gasteiger partial charge on any atom is -0.484 e. The first-order chi connectivity index (χ1) is 12.3. The number of hydrogen-bond donors (Lipinski definition) is 1. The zero-order valence-electron chi connectivity index (χ0n) is 13.7. The number of carbonyl (C=O) groups is 1. The fraction of sp³-hybridized carbons (Fsp3) is 0.333. The molecule has 0 radical (unpaired) electrons. The van der Waals surface area contributed by atoms with Crippen LogP contribution in [0.2, 0.25) is 0 Å². The van der Waals surface area contributed by atoms with Crippen molar-refractivity contribution in [1.29, 1.82) is 0 Å². The lowest BCUT2D eigenvalue weighted by atomic mass is 10.1. The number of ether oxygens (including phenoxy) is 2. The molecule has 8 heteroatoms. The molecule has 0 spiro atoms. The molecule has 1 aliphatic rings. The van der Waals surface area contributed by atoms with Crippen LogP contribution in [-0.4, -0.2) is 23.7 Å². The smallest absolute Gasteiger partial charge is 0.422 e. The van der Waals surface area contributed by atoms with E-state index >= 15 is 0 Å². The average Bonchev–Trinajstić information content (AvgIpc) is 3.04. The van der Waals surface area contributed by atoms with Gasteiger partial charge in [0, 0.05) is 5.69 Å². The number of halogens is 3. The van der Waals surface area contributed by atoms with Gasteiger partial charge >= 0.3 is 12.1 Å². The van der Waals surface area contributed by atoms with Gasteiger partial charge in [-0.2, -0.15) is 13.2 Å². The third-order valence-electron chi connectivity index (χ3n) is 3.98. The van der Waals surface area contributed by atoms with E-state index in [0.29, 0.717) is 5.56 Å². The molecule has 0 fully saturated rings. The molecule has 3 rings (SSSR count). The van der Waals surface area contributed by atoms with Crippen molar-refractivity contribution in [1.82, 2.24) is 4.98 Å². The van der Waals surface area contributed by atoms with Gasteiger partial charge in [0.2, 0.25) is 0 Å². The second-order valence-corrected chi connectivity index (χ2v) is 6.00. The maximum atomic E-state index is 12.2. The zero-order chi connectivity index (χ0) is 18.7. The average molecular weight is 367 g/mol. The Morgan fingerprint density at radius 2 is 2.00 bits per heavy atom. The van der Waals surface area contributed by atoms with Crippen molar-refractivity contribution < 1.29 is 27.4 Å². The number of H-pyrrole nitrogens is 1. The second-order valence-electron chi connectivity index (χ2n) is 6.00. The van der Waals surface area contributed by atoms with Crippen LogP contribution >= 0.6 is 0 Å². The topological polar surface area (TPSA) is 68.4 Å². The van der Waals surface area contributed by atoms with Gasteiger partial charge in [-0.3, -0.25) is 4.79 Å². The predicted molar refractivity (Wildman–Crippen MR) is 86.2 cm³/mol. The van der Waals surface area contributed by atoms with Gasteiger partial charge in [0.15, 0.2) is 6.61 Å². The highest BCUT2D eigenvalue weighted by Crippen LogP contribution is 2.21. The maximum Gasteiger partial charge on any atom is 0.422 e. The summed E-state index contributed by atoms with van der Waals surface area (Å²) in [5.74, 6) is -0.756. The number of aromatic nitrogens is 1. The van der Waals surface area contributed by atoms with Crippen molar-refractivity contribution in [3.63, 3.8) is 0 Å². The number of benzene rings is 1. The number of pyridine rings is 1. The Morgan fingerprint density at radius 1 is 1.19 bits per heavy atom. The Kier molecular flexibility index (Phi) is 5.01. The fourth-order valence-corrected chi connectivity index (χ4v) is 2.78. The third-order valence-corrected chi connectivity index (χ3v) is 3.98. The van der Waals surface area contributed by atoms with E-state index in [1.165, 1.54) is 18.2 Å². The summed E-state index contributed by atoms with van der Waals surface area (Å²) in [7, 11) is 0. The van der Waals surface area contributed by atoms with Crippen molar-refractivity contribution >= 4 is 5.97 Å². The number of carbonyl (C=O) groups excluding carboxylic acids is 1. The number of aromatic amines is 1. The van der Waals surface area contributed by atoms with Crippen LogP contribution in [0.25, 0.3) is 0 Å². The highest BCUT2D eigenvalue weighted by atomic mass is 19.4. The van der Waals surface area contributed by atoms with Crippen LogP contribution in [0.3, 0.4) is 0 Å². The molecule has 1 aromatic carbocycles. The standard InChI is InChI=1S/C18H16F3NO4/c19-18(20,21)10-26-13-5-1-3-11(7-13)9-25-17(24)14-8-12-4-2-6-15(12)22-16(14)23/h1,3,5,7-8H,2,4,6,9-10H2,(H,22,23). The third kappa shape index (κ3) is 4.44. The molecule has 1 aromatic heterocycles. The van der Waals surface area contributed by atoms with E-state index in [9.17, 15) is 22.8 Å². The summed E-state index contributed by atoms with van der Waals surface area (Å²) in [5.41, 5.74) is 1.66. The molecule has 0 amide bonds. The van der Waals surface area contributed by atoms with Gasteiger partial charge < -0.3 is 14.5 Å². The predicted octanol–water partition coefficient (Wildman–Crippen LogP) is 3.16. The molecule has 1 heterocycles. The normalized spacial score (nSPS) is 13.3. The number of rotatable bonds is 5. The number of aryl methyl sites for hydroxylation is 2. The SMILES string of the molecule is O=C(OCc1cccc(OCC(F)(F)F)c1)c1cc2c([nH]c1=O)CCC2. The van der Waals surface area contributed by atoms with E-state index in [-0.39, 0.29) is 17.9 Å². The molecule has 0 bridgehead atoms. The molecular formula is C18H16F3NO4. The zero-order valence-corrected chi connectivity index (χ0v) is 13.7. The van der Waals surface area contributed by atoms with Crippen molar-refractivity contribution in [3.8, 4) is 5.75 Å². The highest BCUT2D eigenvalue weighted by molar-refractivity contribution is 5.89. The van der Waals surface area contributed by atoms with E-state index in [1.807, 2.05) is 0 Å². The highest BCUT2D eigenvalue weighted by Gasteiger charge is 2.28. The first kappa shape index (κ1) is 18.0. The van der Waals surface area contributed by atoms with Crippen LogP contribution in [0.1, 0.15) is 33.6 Å². The number of alkyl halides is 3. The van der Waals surface area contributed by atoms with E-state index in [4.69, 9.17) is 4.74 Å². The van der Waals surface area contributed by atoms with Gasteiger partial charge in [-0.05, 0) is 48.6 Å². The number of esters is 1. The van der Waals surface area contributed by atoms with Crippen LogP contribution in [0.5, 0.6) is 5.75 Å². The second kappa shape index (κ2) is 7.23. The van der Waals surface area contributed by atoms with Crippen molar-refractivity contribution in [2.24, 2.45) is 0 Å². The van der Waals surface area contributed by atoms with Crippen molar-refractivity contribution in [2.75, 3.05) is 6.61 Å². The molecule has 2 aromatic rings. The monoisotopic (exact) mass is 367 g/mol. The molecule has 1 N–H and O–H groups in total. The number of hydrogen-bond acceptors (Lipinski definition) is 4. The van der Waals surface area contributed by atoms with Gasteiger partial charge in [-0.25, -0.2) is 4.79 Å². The summed E-state index contributed by atoms with van der Waals surface area (Å²) in [6.45, 7) is -1.58. The quantitative estimate of drug-likeness (QED) is 0.825. The Balaban J connectivity index is 1.64. The van der Waals surface area contributed by atoms with Crippen LogP contribution < -0.4 is 10.3 Å². The molecule has 0 saturated heterocycles. The van der Waals surface area contributed by atoms with E-state index in [1.54, 1.807) is 12.1 Å². The summed E-state index contributed by atoms with van der Waals surface area (Å²) in [5, 5.41) is 0. The number of nitrogens with one attached hydrogen (secondary N) is 1. The summed E-state index contributed by atoms with van der Waals surface area (Å²) < 4.78 is 46.3. The maximum absolute atomic E-state index is 12.2. The Morgan fingerprint density at radius 3 is 2.77 bits per heavy atom. The van der Waals surface area contributed by atoms with Crippen LogP contribution in [0, 0.1) is 0 Å². The lowest BCUT2D eigenvalue weighted by Gasteiger charge is -2.10. The summed E-state index contributed by atoms with van der Waals surface area (Å²) in [6, 6.07) is 7.36. The minimum atomic E-state index is -4.43. The summed E-state index contributed by atoms with van der Waals surface area (Å²) in [4.78, 5) is 26.8. The molecule has 0 saturated carbocycles. The van der Waals surface area contributed by atoms with Crippen molar-refractivity contribution in [3.05, 3.63) is 63.1 Å². The Labute approximate surface area is 146 Å². The summed E-state index contributed by atoms with van der Waals surface area (Å²) >= 11 is 0. The lowest BCUT2D eigenvalue weighted by Crippen LogP contribution is -2.21. The largest absolute Gasteiger partial charge is 0.484 e. The molecule has 0 atom stereocenters. The van der Waals surface area contributed by atoms with E-state index < -0.39 is 24.3 Å². The van der Waals surface area contributed by atoms with Crippen LogP contribution in [0.15, 0.2) is 35.1 Å². The minimum absolute atomic E-state index is 0.0197. The Bertz CT molecular complexity index is 873.